The Labute approximate surface area is 157 Å². The van der Waals surface area contributed by atoms with Crippen molar-refractivity contribution in [3.63, 3.8) is 0 Å². The molecule has 0 radical (unpaired) electrons. The van der Waals surface area contributed by atoms with E-state index in [4.69, 9.17) is 21.1 Å². The Bertz CT molecular complexity index is 869. The van der Waals surface area contributed by atoms with Crippen LogP contribution in [0.1, 0.15) is 23.7 Å². The first kappa shape index (κ1) is 19.0. The molecule has 0 saturated carbocycles. The monoisotopic (exact) mass is 398 g/mol. The number of fused-ring (bicyclic) bond motifs is 1. The van der Waals surface area contributed by atoms with Crippen LogP contribution in [0.25, 0.3) is 0 Å². The van der Waals surface area contributed by atoms with Crippen molar-refractivity contribution < 1.29 is 27.4 Å². The van der Waals surface area contributed by atoms with E-state index in [2.05, 4.69) is 16.9 Å². The average molecular weight is 399 g/mol. The first-order valence-electron chi connectivity index (χ1n) is 7.89. The van der Waals surface area contributed by atoms with Crippen LogP contribution in [0, 0.1) is 0 Å². The van der Waals surface area contributed by atoms with Crippen molar-refractivity contribution >= 4 is 17.5 Å². The van der Waals surface area contributed by atoms with Gasteiger partial charge in [0, 0.05) is 12.0 Å². The summed E-state index contributed by atoms with van der Waals surface area (Å²) in [6, 6.07) is 4.92. The molecule has 0 fully saturated rings. The molecule has 5 nitrogen and oxygen atoms in total. The molecule has 1 unspecified atom stereocenters. The molecule has 1 N–H and O–H groups in total. The number of nitrogens with zero attached hydrogens (tertiary/aromatic N) is 1. The van der Waals surface area contributed by atoms with E-state index in [-0.39, 0.29) is 28.5 Å². The van der Waals surface area contributed by atoms with E-state index < -0.39 is 11.9 Å². The Morgan fingerprint density at radius 3 is 2.78 bits per heavy atom. The lowest BCUT2D eigenvalue weighted by Crippen LogP contribution is -2.31. The van der Waals surface area contributed by atoms with E-state index in [1.807, 2.05) is 0 Å². The minimum absolute atomic E-state index is 0.0946. The standard InChI is InChI=1S/C18H14ClF3N2O3/c1-2-15(25)24-12-7-8-26-17-11(12)4-5-13(16(17)19)27-10-3-6-14(23-9-10)18(20,21)22/h2-6,9,12H,1,7-8H2,(H,24,25). The van der Waals surface area contributed by atoms with Gasteiger partial charge < -0.3 is 14.8 Å². The third-order valence-corrected chi connectivity index (χ3v) is 4.23. The van der Waals surface area contributed by atoms with Crippen molar-refractivity contribution in [2.24, 2.45) is 0 Å². The van der Waals surface area contributed by atoms with Gasteiger partial charge in [-0.25, -0.2) is 4.98 Å². The van der Waals surface area contributed by atoms with E-state index in [0.717, 1.165) is 18.3 Å². The number of amides is 1. The van der Waals surface area contributed by atoms with Crippen LogP contribution in [0.5, 0.6) is 17.2 Å². The number of halogens is 4. The summed E-state index contributed by atoms with van der Waals surface area (Å²) in [5.74, 6) is 0.333. The highest BCUT2D eigenvalue weighted by Gasteiger charge is 2.32. The van der Waals surface area contributed by atoms with Crippen molar-refractivity contribution in [1.82, 2.24) is 10.3 Å². The van der Waals surface area contributed by atoms with Gasteiger partial charge in [-0.1, -0.05) is 18.2 Å². The van der Waals surface area contributed by atoms with Crippen molar-refractivity contribution in [1.29, 1.82) is 0 Å². The summed E-state index contributed by atoms with van der Waals surface area (Å²) in [5, 5.41) is 2.95. The van der Waals surface area contributed by atoms with Crippen LogP contribution < -0.4 is 14.8 Å². The second-order valence-electron chi connectivity index (χ2n) is 5.68. The van der Waals surface area contributed by atoms with E-state index in [1.54, 1.807) is 12.1 Å². The van der Waals surface area contributed by atoms with Gasteiger partial charge in [0.1, 0.15) is 28.0 Å². The van der Waals surface area contributed by atoms with E-state index in [1.165, 1.54) is 6.08 Å². The lowest BCUT2D eigenvalue weighted by Gasteiger charge is -2.27. The maximum absolute atomic E-state index is 12.6. The second kappa shape index (κ2) is 7.48. The molecular weight excluding hydrogens is 385 g/mol. The normalized spacial score (nSPS) is 16.1. The number of hydrogen-bond acceptors (Lipinski definition) is 4. The molecule has 2 aromatic rings. The summed E-state index contributed by atoms with van der Waals surface area (Å²) in [6.45, 7) is 3.75. The summed E-state index contributed by atoms with van der Waals surface area (Å²) in [7, 11) is 0. The van der Waals surface area contributed by atoms with Crippen LogP contribution in [0.3, 0.4) is 0 Å². The van der Waals surface area contributed by atoms with Crippen molar-refractivity contribution in [3.05, 3.63) is 59.4 Å². The van der Waals surface area contributed by atoms with Gasteiger partial charge in [-0.3, -0.25) is 4.79 Å². The predicted molar refractivity (Wildman–Crippen MR) is 92.0 cm³/mol. The van der Waals surface area contributed by atoms with Crippen LogP contribution in [0.4, 0.5) is 13.2 Å². The molecule has 1 aromatic heterocycles. The van der Waals surface area contributed by atoms with Gasteiger partial charge in [0.25, 0.3) is 0 Å². The van der Waals surface area contributed by atoms with Crippen LogP contribution in [-0.4, -0.2) is 17.5 Å². The smallest absolute Gasteiger partial charge is 0.433 e. The van der Waals surface area contributed by atoms with Crippen LogP contribution in [0.15, 0.2) is 43.1 Å². The molecule has 1 aromatic carbocycles. The predicted octanol–water partition coefficient (Wildman–Crippen LogP) is 4.67. The molecule has 2 heterocycles. The highest BCUT2D eigenvalue weighted by atomic mass is 35.5. The van der Waals surface area contributed by atoms with Gasteiger partial charge in [-0.05, 0) is 30.3 Å². The molecule has 142 valence electrons. The SMILES string of the molecule is C=CC(=O)NC1CCOc2c1ccc(Oc1ccc(C(F)(F)F)nc1)c2Cl. The lowest BCUT2D eigenvalue weighted by molar-refractivity contribution is -0.141. The molecule has 1 amide bonds. The van der Waals surface area contributed by atoms with Gasteiger partial charge in [0.2, 0.25) is 5.91 Å². The highest BCUT2D eigenvalue weighted by molar-refractivity contribution is 6.33. The lowest BCUT2D eigenvalue weighted by atomic mass is 10.00. The Morgan fingerprint density at radius 2 is 2.15 bits per heavy atom. The molecule has 0 spiro atoms. The molecule has 1 aliphatic rings. The molecule has 1 atom stereocenters. The fraction of sp³-hybridized carbons (Fsp3) is 0.222. The fourth-order valence-corrected chi connectivity index (χ4v) is 2.87. The van der Waals surface area contributed by atoms with Gasteiger partial charge in [-0.2, -0.15) is 13.2 Å². The molecule has 9 heteroatoms. The number of rotatable bonds is 4. The zero-order chi connectivity index (χ0) is 19.6. The molecule has 1 aliphatic heterocycles. The number of nitrogens with one attached hydrogen (secondary N) is 1. The van der Waals surface area contributed by atoms with Crippen molar-refractivity contribution in [2.75, 3.05) is 6.61 Å². The van der Waals surface area contributed by atoms with Gasteiger partial charge in [0.05, 0.1) is 18.8 Å². The van der Waals surface area contributed by atoms with Crippen LogP contribution in [-0.2, 0) is 11.0 Å². The number of aromatic nitrogens is 1. The number of benzene rings is 1. The summed E-state index contributed by atoms with van der Waals surface area (Å²) >= 11 is 6.33. The third kappa shape index (κ3) is 4.16. The number of hydrogen-bond donors (Lipinski definition) is 1. The van der Waals surface area contributed by atoms with Gasteiger partial charge in [-0.15, -0.1) is 0 Å². The number of alkyl halides is 3. The highest BCUT2D eigenvalue weighted by Crippen LogP contribution is 2.44. The quantitative estimate of drug-likeness (QED) is 0.760. The molecule has 0 bridgehead atoms. The Morgan fingerprint density at radius 1 is 1.37 bits per heavy atom. The first-order chi connectivity index (χ1) is 12.8. The maximum atomic E-state index is 12.6. The summed E-state index contributed by atoms with van der Waals surface area (Å²) in [5.41, 5.74) is -0.338. The van der Waals surface area contributed by atoms with Crippen LogP contribution >= 0.6 is 11.6 Å². The van der Waals surface area contributed by atoms with E-state index in [0.29, 0.717) is 24.3 Å². The molecular formula is C18H14ClF3N2O3. The largest absolute Gasteiger partial charge is 0.491 e. The third-order valence-electron chi connectivity index (χ3n) is 3.88. The average Bonchev–Trinajstić information content (AvgIpc) is 2.64. The summed E-state index contributed by atoms with van der Waals surface area (Å²) in [4.78, 5) is 14.9. The zero-order valence-corrected chi connectivity index (χ0v) is 14.6. The Balaban J connectivity index is 1.84. The Hall–Kier alpha value is -2.74. The number of ether oxygens (including phenoxy) is 2. The summed E-state index contributed by atoms with van der Waals surface area (Å²) in [6.07, 6.45) is -1.83. The van der Waals surface area contributed by atoms with E-state index in [9.17, 15) is 18.0 Å². The van der Waals surface area contributed by atoms with Gasteiger partial charge in [0.15, 0.2) is 0 Å². The minimum atomic E-state index is -4.53. The van der Waals surface area contributed by atoms with Gasteiger partial charge >= 0.3 is 6.18 Å². The zero-order valence-electron chi connectivity index (χ0n) is 13.8. The molecule has 0 saturated heterocycles. The fourth-order valence-electron chi connectivity index (χ4n) is 2.60. The van der Waals surface area contributed by atoms with Crippen molar-refractivity contribution in [2.45, 2.75) is 18.6 Å². The number of pyridine rings is 1. The van der Waals surface area contributed by atoms with E-state index >= 15 is 0 Å². The molecule has 0 aliphatic carbocycles. The molecule has 27 heavy (non-hydrogen) atoms. The Kier molecular flexibility index (Phi) is 5.27. The number of carbonyl (C=O) groups excluding carboxylic acids is 1. The molecule has 3 rings (SSSR count). The topological polar surface area (TPSA) is 60.5 Å². The van der Waals surface area contributed by atoms with Crippen LogP contribution in [0.2, 0.25) is 5.02 Å². The summed E-state index contributed by atoms with van der Waals surface area (Å²) < 4.78 is 48.8. The first-order valence-corrected chi connectivity index (χ1v) is 8.26. The second-order valence-corrected chi connectivity index (χ2v) is 6.06. The maximum Gasteiger partial charge on any atom is 0.433 e. The van der Waals surface area contributed by atoms with Crippen molar-refractivity contribution in [3.8, 4) is 17.2 Å². The minimum Gasteiger partial charge on any atom is -0.491 e. The number of carbonyl (C=O) groups is 1.